The molecule has 98 valence electrons. The lowest BCUT2D eigenvalue weighted by molar-refractivity contribution is 0.0794. The van der Waals surface area contributed by atoms with Crippen LogP contribution < -0.4 is 10.7 Å². The summed E-state index contributed by atoms with van der Waals surface area (Å²) in [7, 11) is 0. The van der Waals surface area contributed by atoms with Gasteiger partial charge in [0.25, 0.3) is 0 Å². The zero-order valence-electron chi connectivity index (χ0n) is 10.6. The van der Waals surface area contributed by atoms with Crippen LogP contribution in [-0.2, 0) is 4.74 Å². The Kier molecular flexibility index (Phi) is 6.90. The number of hydrogen-bond acceptors (Lipinski definition) is 4. The van der Waals surface area contributed by atoms with Gasteiger partial charge in [-0.05, 0) is 32.1 Å². The fourth-order valence-corrected chi connectivity index (χ4v) is 1.37. The van der Waals surface area contributed by atoms with Gasteiger partial charge in [0.05, 0.1) is 12.3 Å². The molecule has 0 aliphatic heterocycles. The first kappa shape index (κ1) is 14.5. The van der Waals surface area contributed by atoms with E-state index in [2.05, 4.69) is 20.8 Å². The van der Waals surface area contributed by atoms with Crippen molar-refractivity contribution in [2.45, 2.75) is 20.0 Å². The molecule has 1 atom stereocenters. The van der Waals surface area contributed by atoms with E-state index in [0.717, 1.165) is 5.56 Å². The van der Waals surface area contributed by atoms with Gasteiger partial charge in [0, 0.05) is 31.1 Å². The van der Waals surface area contributed by atoms with E-state index in [1.54, 1.807) is 18.6 Å². The van der Waals surface area contributed by atoms with Crippen molar-refractivity contribution >= 4 is 23.5 Å². The molecule has 0 aromatic carbocycles. The highest BCUT2D eigenvalue weighted by Crippen LogP contribution is 1.90. The molecule has 0 fully saturated rings. The molecule has 1 rings (SSSR count). The molecule has 1 aromatic rings. The Balaban J connectivity index is 2.23. The number of ether oxygens (including phenoxy) is 1. The fraction of sp³-hybridized carbons (Fsp3) is 0.417. The van der Waals surface area contributed by atoms with E-state index in [9.17, 15) is 0 Å². The lowest BCUT2D eigenvalue weighted by Crippen LogP contribution is -2.37. The van der Waals surface area contributed by atoms with Crippen molar-refractivity contribution in [1.82, 2.24) is 15.7 Å². The number of pyridine rings is 1. The van der Waals surface area contributed by atoms with E-state index < -0.39 is 0 Å². The maximum atomic E-state index is 5.37. The highest BCUT2D eigenvalue weighted by Gasteiger charge is 2.00. The summed E-state index contributed by atoms with van der Waals surface area (Å²) in [5.74, 6) is 0. The summed E-state index contributed by atoms with van der Waals surface area (Å²) >= 11 is 5.06. The van der Waals surface area contributed by atoms with Crippen molar-refractivity contribution in [1.29, 1.82) is 0 Å². The van der Waals surface area contributed by atoms with Crippen molar-refractivity contribution in [3.8, 4) is 0 Å². The molecule has 2 N–H and O–H groups in total. The molecule has 5 nitrogen and oxygen atoms in total. The quantitative estimate of drug-likeness (QED) is 0.462. The molecule has 0 amide bonds. The van der Waals surface area contributed by atoms with Crippen LogP contribution in [0.15, 0.2) is 29.6 Å². The summed E-state index contributed by atoms with van der Waals surface area (Å²) in [6, 6.07) is 3.76. The SMILES string of the molecule is CCOC(C)CNC(=S)N/N=C/c1cccnc1. The number of rotatable bonds is 6. The molecule has 0 aliphatic rings. The second-order valence-corrected chi connectivity index (χ2v) is 4.04. The Morgan fingerprint density at radius 2 is 2.50 bits per heavy atom. The van der Waals surface area contributed by atoms with Gasteiger partial charge in [-0.3, -0.25) is 10.4 Å². The second kappa shape index (κ2) is 8.54. The van der Waals surface area contributed by atoms with Crippen LogP contribution >= 0.6 is 12.2 Å². The van der Waals surface area contributed by atoms with E-state index in [1.807, 2.05) is 26.0 Å². The minimum atomic E-state index is 0.122. The number of nitrogens with one attached hydrogen (secondary N) is 2. The first-order chi connectivity index (χ1) is 8.72. The van der Waals surface area contributed by atoms with Gasteiger partial charge in [0.1, 0.15) is 0 Å². The lowest BCUT2D eigenvalue weighted by atomic mass is 10.3. The minimum absolute atomic E-state index is 0.122. The first-order valence-electron chi connectivity index (χ1n) is 5.81. The Hall–Kier alpha value is -1.53. The molecule has 0 aliphatic carbocycles. The molecular weight excluding hydrogens is 248 g/mol. The van der Waals surface area contributed by atoms with E-state index in [4.69, 9.17) is 17.0 Å². The highest BCUT2D eigenvalue weighted by atomic mass is 32.1. The molecule has 1 unspecified atom stereocenters. The highest BCUT2D eigenvalue weighted by molar-refractivity contribution is 7.80. The summed E-state index contributed by atoms with van der Waals surface area (Å²) < 4.78 is 5.37. The van der Waals surface area contributed by atoms with Crippen molar-refractivity contribution in [3.05, 3.63) is 30.1 Å². The van der Waals surface area contributed by atoms with Gasteiger partial charge in [-0.1, -0.05) is 6.07 Å². The minimum Gasteiger partial charge on any atom is -0.377 e. The van der Waals surface area contributed by atoms with Gasteiger partial charge in [-0.25, -0.2) is 0 Å². The molecular formula is C12H18N4OS. The third-order valence-electron chi connectivity index (χ3n) is 2.07. The number of thiocarbonyl (C=S) groups is 1. The van der Waals surface area contributed by atoms with Gasteiger partial charge in [0.15, 0.2) is 5.11 Å². The van der Waals surface area contributed by atoms with Crippen LogP contribution in [0, 0.1) is 0 Å². The Morgan fingerprint density at radius 3 is 3.17 bits per heavy atom. The van der Waals surface area contributed by atoms with Gasteiger partial charge in [0.2, 0.25) is 0 Å². The summed E-state index contributed by atoms with van der Waals surface area (Å²) in [4.78, 5) is 3.98. The van der Waals surface area contributed by atoms with E-state index in [-0.39, 0.29) is 6.10 Å². The maximum Gasteiger partial charge on any atom is 0.187 e. The third-order valence-corrected chi connectivity index (χ3v) is 2.30. The molecule has 1 aromatic heterocycles. The van der Waals surface area contributed by atoms with Gasteiger partial charge in [-0.15, -0.1) is 0 Å². The fourth-order valence-electron chi connectivity index (χ4n) is 1.24. The average Bonchev–Trinajstić information content (AvgIpc) is 2.38. The topological polar surface area (TPSA) is 58.5 Å². The van der Waals surface area contributed by atoms with Crippen LogP contribution in [0.1, 0.15) is 19.4 Å². The molecule has 0 radical (unpaired) electrons. The molecule has 0 spiro atoms. The molecule has 6 heteroatoms. The van der Waals surface area contributed by atoms with E-state index in [1.165, 1.54) is 0 Å². The van der Waals surface area contributed by atoms with Crippen molar-refractivity contribution in [3.63, 3.8) is 0 Å². The molecule has 1 heterocycles. The maximum absolute atomic E-state index is 5.37. The van der Waals surface area contributed by atoms with Crippen LogP contribution in [0.4, 0.5) is 0 Å². The Bertz CT molecular complexity index is 383. The largest absolute Gasteiger partial charge is 0.377 e. The van der Waals surface area contributed by atoms with E-state index >= 15 is 0 Å². The average molecular weight is 266 g/mol. The van der Waals surface area contributed by atoms with Crippen LogP contribution in [0.25, 0.3) is 0 Å². The monoisotopic (exact) mass is 266 g/mol. The summed E-state index contributed by atoms with van der Waals surface area (Å²) in [5.41, 5.74) is 3.65. The molecule has 0 saturated carbocycles. The van der Waals surface area contributed by atoms with Crippen LogP contribution in [-0.4, -0.2) is 35.6 Å². The summed E-state index contributed by atoms with van der Waals surface area (Å²) in [6.07, 6.45) is 5.22. The summed E-state index contributed by atoms with van der Waals surface area (Å²) in [5, 5.41) is 7.50. The van der Waals surface area contributed by atoms with E-state index in [0.29, 0.717) is 18.3 Å². The predicted molar refractivity (Wildman–Crippen MR) is 76.7 cm³/mol. The second-order valence-electron chi connectivity index (χ2n) is 3.63. The van der Waals surface area contributed by atoms with Crippen molar-refractivity contribution in [2.75, 3.05) is 13.2 Å². The zero-order valence-corrected chi connectivity index (χ0v) is 11.4. The number of hydrazone groups is 1. The zero-order chi connectivity index (χ0) is 13.2. The van der Waals surface area contributed by atoms with Gasteiger partial charge in [-0.2, -0.15) is 5.10 Å². The van der Waals surface area contributed by atoms with Gasteiger partial charge >= 0.3 is 0 Å². The van der Waals surface area contributed by atoms with Crippen LogP contribution in [0.3, 0.4) is 0 Å². The number of hydrogen-bond donors (Lipinski definition) is 2. The van der Waals surface area contributed by atoms with Crippen molar-refractivity contribution < 1.29 is 4.74 Å². The Morgan fingerprint density at radius 1 is 1.67 bits per heavy atom. The predicted octanol–water partition coefficient (Wildman–Crippen LogP) is 1.30. The number of aromatic nitrogens is 1. The standard InChI is InChI=1S/C12H18N4OS/c1-3-17-10(2)7-14-12(18)16-15-9-11-5-4-6-13-8-11/h4-6,8-10H,3,7H2,1-2H3,(H2,14,16,18)/b15-9+. The Labute approximate surface area is 113 Å². The van der Waals surface area contributed by atoms with Crippen LogP contribution in [0.2, 0.25) is 0 Å². The van der Waals surface area contributed by atoms with Crippen LogP contribution in [0.5, 0.6) is 0 Å². The lowest BCUT2D eigenvalue weighted by Gasteiger charge is -2.13. The first-order valence-corrected chi connectivity index (χ1v) is 6.21. The molecule has 18 heavy (non-hydrogen) atoms. The van der Waals surface area contributed by atoms with Crippen molar-refractivity contribution in [2.24, 2.45) is 5.10 Å². The normalized spacial score (nSPS) is 12.3. The van der Waals surface area contributed by atoms with Gasteiger partial charge < -0.3 is 10.1 Å². The molecule has 0 saturated heterocycles. The third kappa shape index (κ3) is 6.27. The molecule has 0 bridgehead atoms. The summed E-state index contributed by atoms with van der Waals surface area (Å²) in [6.45, 7) is 5.30. The smallest absolute Gasteiger partial charge is 0.187 e. The number of nitrogens with zero attached hydrogens (tertiary/aromatic N) is 2.